The summed E-state index contributed by atoms with van der Waals surface area (Å²) in [5.41, 5.74) is 3.25. The molecule has 0 aliphatic carbocycles. The summed E-state index contributed by atoms with van der Waals surface area (Å²) in [4.78, 5) is 28.9. The molecule has 1 atom stereocenters. The summed E-state index contributed by atoms with van der Waals surface area (Å²) in [6.07, 6.45) is 2.86. The number of rotatable bonds is 13. The Morgan fingerprint density at radius 3 is 2.25 bits per heavy atom. The van der Waals surface area contributed by atoms with Gasteiger partial charge in [-0.3, -0.25) is 13.9 Å². The fraction of sp³-hybridized carbons (Fsp3) is 0.355. The predicted molar refractivity (Wildman–Crippen MR) is 157 cm³/mol. The second kappa shape index (κ2) is 14.1. The number of carbonyl (C=O) groups is 2. The quantitative estimate of drug-likeness (QED) is 0.302. The number of benzene rings is 3. The number of halogens is 1. The van der Waals surface area contributed by atoms with Gasteiger partial charge in [0.25, 0.3) is 0 Å². The molecule has 0 radical (unpaired) electrons. The fourth-order valence-corrected chi connectivity index (χ4v) is 5.21. The zero-order valence-corrected chi connectivity index (χ0v) is 24.4. The Hall–Kier alpha value is -3.72. The largest absolute Gasteiger partial charge is 0.354 e. The van der Waals surface area contributed by atoms with Gasteiger partial charge in [0, 0.05) is 25.1 Å². The summed E-state index contributed by atoms with van der Waals surface area (Å²) in [6, 6.07) is 19.5. The Labute approximate surface area is 237 Å². The minimum atomic E-state index is -3.87. The van der Waals surface area contributed by atoms with E-state index in [4.69, 9.17) is 0 Å². The van der Waals surface area contributed by atoms with Gasteiger partial charge in [0.15, 0.2) is 0 Å². The van der Waals surface area contributed by atoms with E-state index in [-0.39, 0.29) is 24.4 Å². The molecule has 0 saturated heterocycles. The number of nitrogens with one attached hydrogen (secondary N) is 1. The zero-order chi connectivity index (χ0) is 29.3. The number of aryl methyl sites for hydroxylation is 2. The van der Waals surface area contributed by atoms with Gasteiger partial charge in [0.2, 0.25) is 21.8 Å². The smallest absolute Gasteiger partial charge is 0.244 e. The molecule has 0 spiro atoms. The number of sulfonamides is 1. The van der Waals surface area contributed by atoms with E-state index in [1.165, 1.54) is 11.0 Å². The molecule has 7 nitrogen and oxygen atoms in total. The first-order valence-corrected chi connectivity index (χ1v) is 15.3. The van der Waals surface area contributed by atoms with Crippen molar-refractivity contribution in [2.24, 2.45) is 0 Å². The molecule has 1 N–H and O–H groups in total. The normalized spacial score (nSPS) is 12.0. The summed E-state index contributed by atoms with van der Waals surface area (Å²) in [7, 11) is -3.87. The summed E-state index contributed by atoms with van der Waals surface area (Å²) in [5, 5.41) is 2.91. The summed E-state index contributed by atoms with van der Waals surface area (Å²) in [5.74, 6) is -1.50. The molecule has 1 unspecified atom stereocenters. The summed E-state index contributed by atoms with van der Waals surface area (Å²) < 4.78 is 41.6. The number of hydrogen-bond donors (Lipinski definition) is 1. The molecule has 0 fully saturated rings. The molecule has 0 aliphatic rings. The molecule has 214 valence electrons. The van der Waals surface area contributed by atoms with E-state index in [0.29, 0.717) is 12.2 Å². The Balaban J connectivity index is 2.05. The number of nitrogens with zero attached hydrogens (tertiary/aromatic N) is 2. The second-order valence-corrected chi connectivity index (χ2v) is 11.9. The van der Waals surface area contributed by atoms with Crippen LogP contribution >= 0.6 is 0 Å². The van der Waals surface area contributed by atoms with E-state index in [0.717, 1.165) is 40.1 Å². The van der Waals surface area contributed by atoms with E-state index in [9.17, 15) is 22.4 Å². The zero-order valence-electron chi connectivity index (χ0n) is 23.6. The van der Waals surface area contributed by atoms with Crippen molar-refractivity contribution in [3.63, 3.8) is 0 Å². The third kappa shape index (κ3) is 8.39. The fourth-order valence-electron chi connectivity index (χ4n) is 4.36. The lowest BCUT2D eigenvalue weighted by molar-refractivity contribution is -0.140. The molecule has 0 aromatic heterocycles. The lowest BCUT2D eigenvalue weighted by atomic mass is 10.0. The number of unbranched alkanes of at least 4 members (excludes halogenated alkanes) is 1. The van der Waals surface area contributed by atoms with E-state index in [2.05, 4.69) is 5.32 Å². The van der Waals surface area contributed by atoms with Crippen molar-refractivity contribution < 1.29 is 22.4 Å². The van der Waals surface area contributed by atoms with Gasteiger partial charge < -0.3 is 10.2 Å². The van der Waals surface area contributed by atoms with E-state index >= 15 is 0 Å². The molecule has 0 saturated carbocycles. The number of anilines is 1. The van der Waals surface area contributed by atoms with Crippen molar-refractivity contribution in [1.82, 2.24) is 10.2 Å². The lowest BCUT2D eigenvalue weighted by Crippen LogP contribution is -2.53. The highest BCUT2D eigenvalue weighted by atomic mass is 32.2. The number of carbonyl (C=O) groups excluding carboxylic acids is 2. The van der Waals surface area contributed by atoms with Crippen LogP contribution in [0.3, 0.4) is 0 Å². The van der Waals surface area contributed by atoms with Gasteiger partial charge in [-0.05, 0) is 55.2 Å². The first-order chi connectivity index (χ1) is 19.0. The topological polar surface area (TPSA) is 86.8 Å². The monoisotopic (exact) mass is 567 g/mol. The molecule has 40 heavy (non-hydrogen) atoms. The van der Waals surface area contributed by atoms with Crippen LogP contribution < -0.4 is 9.62 Å². The van der Waals surface area contributed by atoms with Crippen molar-refractivity contribution in [2.75, 3.05) is 23.7 Å². The van der Waals surface area contributed by atoms with Crippen molar-refractivity contribution in [3.8, 4) is 0 Å². The van der Waals surface area contributed by atoms with Crippen LogP contribution in [0, 0.1) is 19.7 Å². The maximum Gasteiger partial charge on any atom is 0.244 e. The molecular formula is C31H38FN3O4S. The first kappa shape index (κ1) is 30.8. The van der Waals surface area contributed by atoms with Gasteiger partial charge in [-0.2, -0.15) is 0 Å². The molecule has 3 rings (SSSR count). The van der Waals surface area contributed by atoms with Crippen molar-refractivity contribution >= 4 is 27.5 Å². The van der Waals surface area contributed by atoms with E-state index in [1.807, 2.05) is 51.1 Å². The maximum atomic E-state index is 14.8. The highest BCUT2D eigenvalue weighted by Crippen LogP contribution is 2.23. The Morgan fingerprint density at radius 2 is 1.62 bits per heavy atom. The van der Waals surface area contributed by atoms with Crippen molar-refractivity contribution in [1.29, 1.82) is 0 Å². The van der Waals surface area contributed by atoms with Crippen LogP contribution in [0.1, 0.15) is 42.0 Å². The van der Waals surface area contributed by atoms with Crippen LogP contribution in [0.25, 0.3) is 0 Å². The number of amides is 2. The first-order valence-electron chi connectivity index (χ1n) is 13.4. The van der Waals surface area contributed by atoms with Gasteiger partial charge in [-0.25, -0.2) is 12.8 Å². The van der Waals surface area contributed by atoms with Crippen LogP contribution in [0.5, 0.6) is 0 Å². The maximum absolute atomic E-state index is 14.8. The van der Waals surface area contributed by atoms with Gasteiger partial charge in [0.05, 0.1) is 11.9 Å². The third-order valence-electron chi connectivity index (χ3n) is 6.86. The Bertz CT molecular complexity index is 1410. The average Bonchev–Trinajstić information content (AvgIpc) is 2.91. The standard InChI is InChI=1S/C31H38FN3O4S/c1-5-6-18-33-31(37)29(20-25-12-8-7-9-13-25)34(21-26-14-10-11-15-28(26)32)30(36)22-35(40(4,38)39)27-17-16-23(2)24(3)19-27/h7-17,19,29H,5-6,18,20-22H2,1-4H3,(H,33,37). The molecule has 0 heterocycles. The Kier molecular flexibility index (Phi) is 10.8. The van der Waals surface area contributed by atoms with Gasteiger partial charge in [-0.1, -0.05) is 67.9 Å². The molecule has 3 aromatic carbocycles. The highest BCUT2D eigenvalue weighted by Gasteiger charge is 2.33. The van der Waals surface area contributed by atoms with Crippen LogP contribution in [-0.4, -0.2) is 50.5 Å². The molecule has 2 amide bonds. The molecule has 0 aliphatic heterocycles. The molecule has 3 aromatic rings. The van der Waals surface area contributed by atoms with Gasteiger partial charge in [-0.15, -0.1) is 0 Å². The summed E-state index contributed by atoms with van der Waals surface area (Å²) >= 11 is 0. The van der Waals surface area contributed by atoms with Crippen LogP contribution in [-0.2, 0) is 32.6 Å². The Morgan fingerprint density at radius 1 is 0.950 bits per heavy atom. The molecule has 0 bridgehead atoms. The van der Waals surface area contributed by atoms with Crippen LogP contribution in [0.2, 0.25) is 0 Å². The van der Waals surface area contributed by atoms with Crippen molar-refractivity contribution in [3.05, 3.63) is 101 Å². The van der Waals surface area contributed by atoms with E-state index < -0.39 is 34.3 Å². The SMILES string of the molecule is CCCCNC(=O)C(Cc1ccccc1)N(Cc1ccccc1F)C(=O)CN(c1ccc(C)c(C)c1)S(C)(=O)=O. The van der Waals surface area contributed by atoms with Crippen LogP contribution in [0.4, 0.5) is 10.1 Å². The van der Waals surface area contributed by atoms with Gasteiger partial charge in [0.1, 0.15) is 18.4 Å². The average molecular weight is 568 g/mol. The van der Waals surface area contributed by atoms with Crippen molar-refractivity contribution in [2.45, 2.75) is 52.6 Å². The minimum absolute atomic E-state index is 0.182. The summed E-state index contributed by atoms with van der Waals surface area (Å²) in [6.45, 7) is 5.48. The second-order valence-electron chi connectivity index (χ2n) is 10.0. The molecular weight excluding hydrogens is 529 g/mol. The molecule has 9 heteroatoms. The van der Waals surface area contributed by atoms with Gasteiger partial charge >= 0.3 is 0 Å². The number of hydrogen-bond acceptors (Lipinski definition) is 4. The van der Waals surface area contributed by atoms with Crippen LogP contribution in [0.15, 0.2) is 72.8 Å². The minimum Gasteiger partial charge on any atom is -0.354 e. The highest BCUT2D eigenvalue weighted by molar-refractivity contribution is 7.92. The third-order valence-corrected chi connectivity index (χ3v) is 8.00. The predicted octanol–water partition coefficient (Wildman–Crippen LogP) is 4.76. The van der Waals surface area contributed by atoms with E-state index in [1.54, 1.807) is 36.4 Å². The lowest BCUT2D eigenvalue weighted by Gasteiger charge is -2.33.